The molecule has 3 rings (SSSR count). The number of thiazole rings is 1. The number of hydrogen-bond acceptors (Lipinski definition) is 4. The van der Waals surface area contributed by atoms with Crippen molar-refractivity contribution in [2.75, 3.05) is 5.32 Å². The van der Waals surface area contributed by atoms with E-state index in [2.05, 4.69) is 15.3 Å². The molecule has 3 aromatic rings. The molecule has 1 aromatic carbocycles. The number of benzene rings is 1. The molecule has 1 N–H and O–H groups in total. The van der Waals surface area contributed by atoms with Gasteiger partial charge in [-0.25, -0.2) is 4.98 Å². The van der Waals surface area contributed by atoms with Crippen LogP contribution in [0.4, 0.5) is 18.3 Å². The molecule has 0 aliphatic rings. The van der Waals surface area contributed by atoms with Crippen LogP contribution in [0, 0.1) is 0 Å². The number of anilines is 1. The lowest BCUT2D eigenvalue weighted by Gasteiger charge is -2.06. The Hall–Kier alpha value is -2.48. The number of aromatic nitrogens is 2. The molecular formula is C15H10F3N3OS. The van der Waals surface area contributed by atoms with Crippen molar-refractivity contribution in [2.24, 2.45) is 0 Å². The van der Waals surface area contributed by atoms with E-state index in [1.165, 1.54) is 0 Å². The van der Waals surface area contributed by atoms with Crippen LogP contribution in [0.1, 0.15) is 10.4 Å². The summed E-state index contributed by atoms with van der Waals surface area (Å²) in [6.45, 7) is 0. The number of rotatable bonds is 3. The maximum absolute atomic E-state index is 12.5. The molecule has 0 radical (unpaired) electrons. The first-order chi connectivity index (χ1) is 10.9. The second-order valence-electron chi connectivity index (χ2n) is 4.74. The maximum atomic E-state index is 12.5. The lowest BCUT2D eigenvalue weighted by molar-refractivity contribution is -0.134. The maximum Gasteiger partial charge on any atom is 0.427 e. The number of alkyl halides is 3. The standard InChI is InChI=1S/C15H10F3N3OS/c16-15(17,18)12-8-20-14(23-12)21-13(22)7-9-3-1-5-11-10(9)4-2-6-19-11/h1-6,8H,7H2,(H,20,21,22). The summed E-state index contributed by atoms with van der Waals surface area (Å²) in [6, 6.07) is 9.00. The van der Waals surface area contributed by atoms with Gasteiger partial charge < -0.3 is 5.32 Å². The van der Waals surface area contributed by atoms with Crippen LogP contribution in [-0.2, 0) is 17.4 Å². The van der Waals surface area contributed by atoms with Crippen LogP contribution in [0.15, 0.2) is 42.7 Å². The molecule has 2 aromatic heterocycles. The average Bonchev–Trinajstić information content (AvgIpc) is 2.96. The summed E-state index contributed by atoms with van der Waals surface area (Å²) < 4.78 is 37.5. The molecule has 0 atom stereocenters. The monoisotopic (exact) mass is 337 g/mol. The van der Waals surface area contributed by atoms with Crippen LogP contribution in [0.2, 0.25) is 0 Å². The molecule has 23 heavy (non-hydrogen) atoms. The van der Waals surface area contributed by atoms with Crippen molar-refractivity contribution < 1.29 is 18.0 Å². The molecule has 0 unspecified atom stereocenters. The third kappa shape index (κ3) is 3.48. The van der Waals surface area contributed by atoms with Crippen LogP contribution in [0.5, 0.6) is 0 Å². The van der Waals surface area contributed by atoms with Crippen molar-refractivity contribution >= 4 is 33.3 Å². The number of fused-ring (bicyclic) bond motifs is 1. The van der Waals surface area contributed by atoms with Crippen LogP contribution in [0.25, 0.3) is 10.9 Å². The highest BCUT2D eigenvalue weighted by molar-refractivity contribution is 7.15. The fraction of sp³-hybridized carbons (Fsp3) is 0.133. The Balaban J connectivity index is 1.75. The minimum atomic E-state index is -4.46. The van der Waals surface area contributed by atoms with E-state index in [0.717, 1.165) is 16.5 Å². The molecule has 0 aliphatic carbocycles. The van der Waals surface area contributed by atoms with Gasteiger partial charge >= 0.3 is 6.18 Å². The first kappa shape index (κ1) is 15.4. The van der Waals surface area contributed by atoms with Gasteiger partial charge in [-0.05, 0) is 17.7 Å². The number of carbonyl (C=O) groups is 1. The predicted molar refractivity (Wildman–Crippen MR) is 81.2 cm³/mol. The molecule has 0 aliphatic heterocycles. The van der Waals surface area contributed by atoms with Crippen LogP contribution in [-0.4, -0.2) is 15.9 Å². The van der Waals surface area contributed by atoms with E-state index in [1.54, 1.807) is 24.4 Å². The quantitative estimate of drug-likeness (QED) is 0.789. The first-order valence-electron chi connectivity index (χ1n) is 6.59. The highest BCUT2D eigenvalue weighted by atomic mass is 32.1. The highest BCUT2D eigenvalue weighted by Crippen LogP contribution is 2.35. The summed E-state index contributed by atoms with van der Waals surface area (Å²) in [5.41, 5.74) is 1.51. The fourth-order valence-corrected chi connectivity index (χ4v) is 2.82. The Morgan fingerprint density at radius 2 is 2.00 bits per heavy atom. The first-order valence-corrected chi connectivity index (χ1v) is 7.40. The lowest BCUT2D eigenvalue weighted by Crippen LogP contribution is -2.14. The highest BCUT2D eigenvalue weighted by Gasteiger charge is 2.33. The Labute approximate surface area is 133 Å². The number of nitrogens with zero attached hydrogens (tertiary/aromatic N) is 2. The van der Waals surface area contributed by atoms with E-state index in [9.17, 15) is 18.0 Å². The molecular weight excluding hydrogens is 327 g/mol. The van der Waals surface area contributed by atoms with E-state index >= 15 is 0 Å². The number of carbonyl (C=O) groups excluding carboxylic acids is 1. The molecule has 0 saturated heterocycles. The third-order valence-electron chi connectivity index (χ3n) is 3.12. The molecule has 0 saturated carbocycles. The topological polar surface area (TPSA) is 54.9 Å². The van der Waals surface area contributed by atoms with Gasteiger partial charge in [-0.1, -0.05) is 29.5 Å². The number of halogens is 3. The zero-order valence-corrected chi connectivity index (χ0v) is 12.4. The Kier molecular flexibility index (Phi) is 3.99. The van der Waals surface area contributed by atoms with Gasteiger partial charge in [0.25, 0.3) is 0 Å². The minimum absolute atomic E-state index is 0.0317. The summed E-state index contributed by atoms with van der Waals surface area (Å²) in [7, 11) is 0. The van der Waals surface area contributed by atoms with Crippen molar-refractivity contribution in [1.29, 1.82) is 0 Å². The third-order valence-corrected chi connectivity index (χ3v) is 4.08. The second kappa shape index (κ2) is 5.96. The van der Waals surface area contributed by atoms with Gasteiger partial charge in [0.15, 0.2) is 5.13 Å². The van der Waals surface area contributed by atoms with Gasteiger partial charge in [0.2, 0.25) is 5.91 Å². The van der Waals surface area contributed by atoms with Gasteiger partial charge in [-0.15, -0.1) is 0 Å². The molecule has 2 heterocycles. The number of nitrogens with one attached hydrogen (secondary N) is 1. The molecule has 4 nitrogen and oxygen atoms in total. The molecule has 0 bridgehead atoms. The largest absolute Gasteiger partial charge is 0.427 e. The SMILES string of the molecule is O=C(Cc1cccc2ncccc12)Nc1ncc(C(F)(F)F)s1. The summed E-state index contributed by atoms with van der Waals surface area (Å²) >= 11 is 0.402. The van der Waals surface area contributed by atoms with Crippen LogP contribution >= 0.6 is 11.3 Å². The van der Waals surface area contributed by atoms with E-state index in [-0.39, 0.29) is 11.6 Å². The number of pyridine rings is 1. The lowest BCUT2D eigenvalue weighted by atomic mass is 10.1. The normalized spacial score (nSPS) is 11.6. The zero-order chi connectivity index (χ0) is 16.4. The van der Waals surface area contributed by atoms with E-state index < -0.39 is 17.0 Å². The smallest absolute Gasteiger partial charge is 0.302 e. The van der Waals surface area contributed by atoms with Gasteiger partial charge in [0.05, 0.1) is 18.1 Å². The minimum Gasteiger partial charge on any atom is -0.302 e. The van der Waals surface area contributed by atoms with Gasteiger partial charge in [-0.2, -0.15) is 13.2 Å². The van der Waals surface area contributed by atoms with Crippen molar-refractivity contribution in [3.05, 3.63) is 53.2 Å². The number of amides is 1. The van der Waals surface area contributed by atoms with Crippen LogP contribution < -0.4 is 5.32 Å². The Morgan fingerprint density at radius 1 is 1.17 bits per heavy atom. The van der Waals surface area contributed by atoms with E-state index in [4.69, 9.17) is 0 Å². The Bertz CT molecular complexity index is 855. The van der Waals surface area contributed by atoms with E-state index in [0.29, 0.717) is 17.5 Å². The van der Waals surface area contributed by atoms with Crippen molar-refractivity contribution in [3.63, 3.8) is 0 Å². The zero-order valence-electron chi connectivity index (χ0n) is 11.6. The van der Waals surface area contributed by atoms with Gasteiger partial charge in [-0.3, -0.25) is 9.78 Å². The average molecular weight is 337 g/mol. The van der Waals surface area contributed by atoms with Crippen molar-refractivity contribution in [3.8, 4) is 0 Å². The molecule has 1 amide bonds. The Morgan fingerprint density at radius 3 is 2.74 bits per heavy atom. The summed E-state index contributed by atoms with van der Waals surface area (Å²) in [5.74, 6) is -0.426. The predicted octanol–water partition coefficient (Wildman–Crippen LogP) is 3.89. The van der Waals surface area contributed by atoms with Gasteiger partial charge in [0.1, 0.15) is 4.88 Å². The van der Waals surface area contributed by atoms with Crippen molar-refractivity contribution in [2.45, 2.75) is 12.6 Å². The molecule has 0 fully saturated rings. The number of hydrogen-bond donors (Lipinski definition) is 1. The molecule has 8 heteroatoms. The summed E-state index contributed by atoms with van der Waals surface area (Å²) in [4.78, 5) is 19.0. The summed E-state index contributed by atoms with van der Waals surface area (Å²) in [6.07, 6.45) is -2.06. The fourth-order valence-electron chi connectivity index (χ4n) is 2.12. The van der Waals surface area contributed by atoms with Crippen molar-refractivity contribution in [1.82, 2.24) is 9.97 Å². The van der Waals surface area contributed by atoms with E-state index in [1.807, 2.05) is 12.1 Å². The molecule has 0 spiro atoms. The van der Waals surface area contributed by atoms with Gasteiger partial charge in [0, 0.05) is 11.6 Å². The molecule has 118 valence electrons. The second-order valence-corrected chi connectivity index (χ2v) is 5.77. The summed E-state index contributed by atoms with van der Waals surface area (Å²) in [5, 5.41) is 3.16. The van der Waals surface area contributed by atoms with Crippen LogP contribution in [0.3, 0.4) is 0 Å².